The largest absolute Gasteiger partial charge is 0.481 e. The van der Waals surface area contributed by atoms with Gasteiger partial charge in [-0.15, -0.1) is 0 Å². The average Bonchev–Trinajstić information content (AvgIpc) is 2.15. The van der Waals surface area contributed by atoms with Gasteiger partial charge in [-0.05, 0) is 0 Å². The standard InChI is InChI=1S/C7H5Cl2F2NO3S/c1-15-7-4(6(10)11)5(16(9,13)14)3(8)2-12-7/h2,6H,1H3. The van der Waals surface area contributed by atoms with E-state index in [0.717, 1.165) is 13.3 Å². The molecule has 0 aromatic carbocycles. The molecule has 1 aromatic rings. The maximum atomic E-state index is 12.7. The number of hydrogen-bond donors (Lipinski definition) is 0. The zero-order chi connectivity index (χ0) is 12.5. The Bertz CT molecular complexity index is 507. The third-order valence-electron chi connectivity index (χ3n) is 1.64. The van der Waals surface area contributed by atoms with Gasteiger partial charge >= 0.3 is 0 Å². The molecule has 90 valence electrons. The Morgan fingerprint density at radius 2 is 2.06 bits per heavy atom. The smallest absolute Gasteiger partial charge is 0.270 e. The first kappa shape index (κ1) is 13.4. The van der Waals surface area contributed by atoms with E-state index in [0.29, 0.717) is 0 Å². The Hall–Kier alpha value is -0.660. The van der Waals surface area contributed by atoms with Crippen molar-refractivity contribution < 1.29 is 21.9 Å². The number of nitrogens with zero attached hydrogens (tertiary/aromatic N) is 1. The number of pyridine rings is 1. The van der Waals surface area contributed by atoms with Crippen LogP contribution < -0.4 is 4.74 Å². The molecule has 0 radical (unpaired) electrons. The zero-order valence-corrected chi connectivity index (χ0v) is 10.1. The van der Waals surface area contributed by atoms with Crippen molar-refractivity contribution in [1.82, 2.24) is 4.98 Å². The molecule has 0 aliphatic rings. The van der Waals surface area contributed by atoms with Gasteiger partial charge in [0.15, 0.2) is 0 Å². The maximum absolute atomic E-state index is 12.7. The first-order valence-corrected chi connectivity index (χ1v) is 6.43. The van der Waals surface area contributed by atoms with Crippen LogP contribution in [0.3, 0.4) is 0 Å². The van der Waals surface area contributed by atoms with Crippen molar-refractivity contribution >= 4 is 31.3 Å². The van der Waals surface area contributed by atoms with Crippen LogP contribution in [0.1, 0.15) is 12.0 Å². The third-order valence-corrected chi connectivity index (χ3v) is 3.43. The van der Waals surface area contributed by atoms with E-state index < -0.39 is 36.8 Å². The highest BCUT2D eigenvalue weighted by Gasteiger charge is 2.29. The number of hydrogen-bond acceptors (Lipinski definition) is 4. The molecule has 9 heteroatoms. The van der Waals surface area contributed by atoms with E-state index in [4.69, 9.17) is 22.3 Å². The minimum absolute atomic E-state index is 0.480. The summed E-state index contributed by atoms with van der Waals surface area (Å²) in [6, 6.07) is 0. The minimum Gasteiger partial charge on any atom is -0.481 e. The Kier molecular flexibility index (Phi) is 3.92. The van der Waals surface area contributed by atoms with Crippen molar-refractivity contribution in [2.24, 2.45) is 0 Å². The van der Waals surface area contributed by atoms with Gasteiger partial charge in [-0.25, -0.2) is 22.2 Å². The summed E-state index contributed by atoms with van der Waals surface area (Å²) >= 11 is 5.47. The molecule has 16 heavy (non-hydrogen) atoms. The Labute approximate surface area is 99.6 Å². The summed E-state index contributed by atoms with van der Waals surface area (Å²) in [5.41, 5.74) is -0.940. The molecule has 0 atom stereocenters. The van der Waals surface area contributed by atoms with Crippen molar-refractivity contribution in [2.45, 2.75) is 11.3 Å². The fraction of sp³-hybridized carbons (Fsp3) is 0.286. The SMILES string of the molecule is COc1ncc(Cl)c(S(=O)(=O)Cl)c1C(F)F. The Morgan fingerprint density at radius 3 is 2.44 bits per heavy atom. The highest BCUT2D eigenvalue weighted by Crippen LogP contribution is 2.38. The van der Waals surface area contributed by atoms with E-state index in [9.17, 15) is 17.2 Å². The van der Waals surface area contributed by atoms with Crippen LogP contribution in [-0.4, -0.2) is 20.5 Å². The fourth-order valence-electron chi connectivity index (χ4n) is 1.07. The van der Waals surface area contributed by atoms with Gasteiger partial charge in [0, 0.05) is 10.7 Å². The summed E-state index contributed by atoms with van der Waals surface area (Å²) < 4.78 is 52.1. The number of ether oxygens (including phenoxy) is 1. The van der Waals surface area contributed by atoms with E-state index in [1.54, 1.807) is 0 Å². The van der Waals surface area contributed by atoms with Gasteiger partial charge in [0.1, 0.15) is 10.5 Å². The van der Waals surface area contributed by atoms with Crippen LogP contribution >= 0.6 is 22.3 Å². The zero-order valence-electron chi connectivity index (χ0n) is 7.75. The highest BCUT2D eigenvalue weighted by molar-refractivity contribution is 8.13. The van der Waals surface area contributed by atoms with E-state index in [2.05, 4.69) is 9.72 Å². The molecule has 0 unspecified atom stereocenters. The molecular formula is C7H5Cl2F2NO3S. The second-order valence-electron chi connectivity index (χ2n) is 2.60. The maximum Gasteiger partial charge on any atom is 0.270 e. The second kappa shape index (κ2) is 4.68. The summed E-state index contributed by atoms with van der Waals surface area (Å²) in [5, 5.41) is -0.480. The van der Waals surface area contributed by atoms with Crippen LogP contribution in [0, 0.1) is 0 Å². The lowest BCUT2D eigenvalue weighted by Crippen LogP contribution is -2.04. The molecule has 0 N–H and O–H groups in total. The van der Waals surface area contributed by atoms with Crippen LogP contribution in [0.4, 0.5) is 8.78 Å². The van der Waals surface area contributed by atoms with Gasteiger partial charge in [0.2, 0.25) is 5.88 Å². The predicted octanol–water partition coefficient (Wildman–Crippen LogP) is 2.61. The van der Waals surface area contributed by atoms with E-state index in [1.165, 1.54) is 0 Å². The molecule has 4 nitrogen and oxygen atoms in total. The predicted molar refractivity (Wildman–Crippen MR) is 53.8 cm³/mol. The fourth-order valence-corrected chi connectivity index (χ4v) is 2.87. The molecule has 0 aliphatic carbocycles. The summed E-state index contributed by atoms with van der Waals surface area (Å²) in [5.74, 6) is -0.529. The van der Waals surface area contributed by atoms with Crippen LogP contribution in [0.15, 0.2) is 11.1 Å². The van der Waals surface area contributed by atoms with Gasteiger partial charge in [-0.1, -0.05) is 11.6 Å². The molecule has 0 aliphatic heterocycles. The molecule has 0 saturated heterocycles. The lowest BCUT2D eigenvalue weighted by Gasteiger charge is -2.11. The number of aromatic nitrogens is 1. The van der Waals surface area contributed by atoms with Crippen LogP contribution in [0.2, 0.25) is 5.02 Å². The molecule has 0 saturated carbocycles. The van der Waals surface area contributed by atoms with Crippen molar-refractivity contribution in [1.29, 1.82) is 0 Å². The topological polar surface area (TPSA) is 56.3 Å². The van der Waals surface area contributed by atoms with Crippen molar-refractivity contribution in [3.63, 3.8) is 0 Å². The first-order chi connectivity index (χ1) is 7.29. The quantitative estimate of drug-likeness (QED) is 0.803. The Balaban J connectivity index is 3.69. The van der Waals surface area contributed by atoms with Crippen molar-refractivity contribution in [2.75, 3.05) is 7.11 Å². The Morgan fingerprint density at radius 1 is 1.50 bits per heavy atom. The summed E-state index contributed by atoms with van der Waals surface area (Å²) in [4.78, 5) is 2.56. The van der Waals surface area contributed by atoms with Gasteiger partial charge in [0.25, 0.3) is 15.5 Å². The minimum atomic E-state index is -4.40. The highest BCUT2D eigenvalue weighted by atomic mass is 35.7. The molecule has 0 bridgehead atoms. The lowest BCUT2D eigenvalue weighted by molar-refractivity contribution is 0.142. The molecule has 1 aromatic heterocycles. The molecular weight excluding hydrogens is 287 g/mol. The average molecular weight is 292 g/mol. The van der Waals surface area contributed by atoms with Gasteiger partial charge in [-0.3, -0.25) is 0 Å². The van der Waals surface area contributed by atoms with Gasteiger partial charge in [0.05, 0.1) is 18.3 Å². The number of alkyl halides is 2. The summed E-state index contributed by atoms with van der Waals surface area (Å²) in [7, 11) is 1.69. The lowest BCUT2D eigenvalue weighted by atomic mass is 10.3. The molecule has 0 spiro atoms. The number of rotatable bonds is 3. The van der Waals surface area contributed by atoms with Crippen LogP contribution in [-0.2, 0) is 9.05 Å². The van der Waals surface area contributed by atoms with E-state index in [1.807, 2.05) is 0 Å². The number of methoxy groups -OCH3 is 1. The number of halogens is 4. The van der Waals surface area contributed by atoms with Gasteiger partial charge in [-0.2, -0.15) is 0 Å². The van der Waals surface area contributed by atoms with E-state index in [-0.39, 0.29) is 0 Å². The molecule has 0 fully saturated rings. The van der Waals surface area contributed by atoms with E-state index >= 15 is 0 Å². The summed E-state index contributed by atoms with van der Waals surface area (Å²) in [6.45, 7) is 0. The molecule has 1 heterocycles. The van der Waals surface area contributed by atoms with Crippen LogP contribution in [0.5, 0.6) is 5.88 Å². The third kappa shape index (κ3) is 2.53. The molecule has 0 amide bonds. The monoisotopic (exact) mass is 291 g/mol. The second-order valence-corrected chi connectivity index (χ2v) is 5.51. The van der Waals surface area contributed by atoms with Crippen molar-refractivity contribution in [3.8, 4) is 5.88 Å². The van der Waals surface area contributed by atoms with Crippen molar-refractivity contribution in [3.05, 3.63) is 16.8 Å². The summed E-state index contributed by atoms with van der Waals surface area (Å²) in [6.07, 6.45) is -2.24. The molecule has 1 rings (SSSR count). The normalized spacial score (nSPS) is 11.9. The van der Waals surface area contributed by atoms with Crippen LogP contribution in [0.25, 0.3) is 0 Å². The first-order valence-electron chi connectivity index (χ1n) is 3.74. The van der Waals surface area contributed by atoms with Gasteiger partial charge < -0.3 is 4.74 Å².